The van der Waals surface area contributed by atoms with Crippen LogP contribution in [0.5, 0.6) is 0 Å². The van der Waals surface area contributed by atoms with Crippen LogP contribution < -0.4 is 0 Å². The summed E-state index contributed by atoms with van der Waals surface area (Å²) < 4.78 is 36.3. The molecule has 0 aliphatic heterocycles. The molecular formula is C10H10F3S. The molecule has 0 unspecified atom stereocenters. The summed E-state index contributed by atoms with van der Waals surface area (Å²) >= 11 is -0.0639. The minimum atomic E-state index is -4.21. The molecular weight excluding hydrogens is 209 g/mol. The lowest BCUT2D eigenvalue weighted by atomic mass is 10.1. The van der Waals surface area contributed by atoms with E-state index in [9.17, 15) is 13.2 Å². The molecule has 1 aromatic carbocycles. The van der Waals surface area contributed by atoms with Gasteiger partial charge in [0.25, 0.3) is 0 Å². The molecule has 0 spiro atoms. The van der Waals surface area contributed by atoms with E-state index in [0.29, 0.717) is 6.42 Å². The zero-order valence-corrected chi connectivity index (χ0v) is 8.50. The van der Waals surface area contributed by atoms with E-state index in [0.717, 1.165) is 12.0 Å². The monoisotopic (exact) mass is 219 g/mol. The summed E-state index contributed by atoms with van der Waals surface area (Å²) in [5, 5.41) is 0. The second-order valence-corrected chi connectivity index (χ2v) is 3.94. The lowest BCUT2D eigenvalue weighted by Gasteiger charge is -2.09. The highest BCUT2D eigenvalue weighted by Crippen LogP contribution is 2.38. The van der Waals surface area contributed by atoms with E-state index in [1.807, 2.05) is 6.92 Å². The molecule has 0 aliphatic rings. The standard InChI is InChI=1S/C10H10F3S/c1-2-5-8-6-3-4-7-9(8)14-10(11,12)13/h3,6-7H,2,5H2,1H3. The van der Waals surface area contributed by atoms with E-state index in [1.54, 1.807) is 12.1 Å². The van der Waals surface area contributed by atoms with Gasteiger partial charge in [-0.15, -0.1) is 0 Å². The van der Waals surface area contributed by atoms with Gasteiger partial charge in [-0.3, -0.25) is 0 Å². The first-order valence-corrected chi connectivity index (χ1v) is 5.09. The largest absolute Gasteiger partial charge is 0.446 e. The van der Waals surface area contributed by atoms with E-state index < -0.39 is 5.51 Å². The van der Waals surface area contributed by atoms with Crippen molar-refractivity contribution < 1.29 is 13.2 Å². The minimum absolute atomic E-state index is 0.0639. The number of halogens is 3. The van der Waals surface area contributed by atoms with Gasteiger partial charge in [-0.1, -0.05) is 25.5 Å². The Balaban J connectivity index is 2.84. The highest BCUT2D eigenvalue weighted by molar-refractivity contribution is 8.00. The normalized spacial score (nSPS) is 11.7. The maximum Gasteiger partial charge on any atom is 0.446 e. The number of hydrogen-bond acceptors (Lipinski definition) is 1. The van der Waals surface area contributed by atoms with Gasteiger partial charge in [-0.2, -0.15) is 13.2 Å². The van der Waals surface area contributed by atoms with Gasteiger partial charge < -0.3 is 0 Å². The number of benzene rings is 1. The van der Waals surface area contributed by atoms with Crippen molar-refractivity contribution >= 4 is 11.8 Å². The van der Waals surface area contributed by atoms with Gasteiger partial charge in [-0.25, -0.2) is 0 Å². The molecule has 0 heterocycles. The van der Waals surface area contributed by atoms with Crippen LogP contribution in [-0.2, 0) is 6.42 Å². The highest BCUT2D eigenvalue weighted by atomic mass is 32.2. The molecule has 1 aromatic rings. The average Bonchev–Trinajstić information content (AvgIpc) is 2.06. The van der Waals surface area contributed by atoms with Crippen LogP contribution >= 0.6 is 11.8 Å². The molecule has 0 saturated carbocycles. The Labute approximate surface area is 85.5 Å². The summed E-state index contributed by atoms with van der Waals surface area (Å²) in [6.45, 7) is 1.94. The van der Waals surface area contributed by atoms with Crippen LogP contribution in [0.2, 0.25) is 0 Å². The molecule has 1 rings (SSSR count). The van der Waals surface area contributed by atoms with Crippen molar-refractivity contribution in [2.45, 2.75) is 30.2 Å². The minimum Gasteiger partial charge on any atom is -0.160 e. The second-order valence-electron chi connectivity index (χ2n) is 2.83. The van der Waals surface area contributed by atoms with E-state index in [1.165, 1.54) is 6.07 Å². The average molecular weight is 219 g/mol. The quantitative estimate of drug-likeness (QED) is 0.691. The zero-order valence-electron chi connectivity index (χ0n) is 7.69. The lowest BCUT2D eigenvalue weighted by molar-refractivity contribution is -0.0328. The Morgan fingerprint density at radius 2 is 2.14 bits per heavy atom. The van der Waals surface area contributed by atoms with Crippen LogP contribution in [0.1, 0.15) is 18.9 Å². The molecule has 0 aromatic heterocycles. The third kappa shape index (κ3) is 3.62. The Bertz CT molecular complexity index is 294. The van der Waals surface area contributed by atoms with Crippen molar-refractivity contribution in [3.63, 3.8) is 0 Å². The first-order valence-electron chi connectivity index (χ1n) is 4.27. The third-order valence-electron chi connectivity index (χ3n) is 1.66. The van der Waals surface area contributed by atoms with Crippen molar-refractivity contribution in [2.24, 2.45) is 0 Å². The molecule has 0 N–H and O–H groups in total. The van der Waals surface area contributed by atoms with Gasteiger partial charge in [0.05, 0.1) is 0 Å². The van der Waals surface area contributed by atoms with Crippen LogP contribution in [0.3, 0.4) is 0 Å². The van der Waals surface area contributed by atoms with Crippen LogP contribution in [-0.4, -0.2) is 5.51 Å². The summed E-state index contributed by atoms with van der Waals surface area (Å²) in [5.74, 6) is 0. The maximum absolute atomic E-state index is 12.1. The molecule has 0 amide bonds. The van der Waals surface area contributed by atoms with E-state index in [-0.39, 0.29) is 16.7 Å². The Morgan fingerprint density at radius 1 is 1.43 bits per heavy atom. The SMILES string of the molecule is CCCc1cc[c]cc1SC(F)(F)F. The summed E-state index contributed by atoms with van der Waals surface area (Å²) in [6, 6.07) is 7.39. The molecule has 0 saturated heterocycles. The van der Waals surface area contributed by atoms with Crippen molar-refractivity contribution in [1.82, 2.24) is 0 Å². The van der Waals surface area contributed by atoms with Crippen molar-refractivity contribution in [2.75, 3.05) is 0 Å². The van der Waals surface area contributed by atoms with Gasteiger partial charge in [0, 0.05) is 4.90 Å². The highest BCUT2D eigenvalue weighted by Gasteiger charge is 2.29. The van der Waals surface area contributed by atoms with Gasteiger partial charge in [0.1, 0.15) is 0 Å². The molecule has 77 valence electrons. The van der Waals surface area contributed by atoms with E-state index in [4.69, 9.17) is 0 Å². The third-order valence-corrected chi connectivity index (χ3v) is 2.49. The van der Waals surface area contributed by atoms with Gasteiger partial charge >= 0.3 is 5.51 Å². The number of aryl methyl sites for hydroxylation is 1. The van der Waals surface area contributed by atoms with Crippen molar-refractivity contribution in [1.29, 1.82) is 0 Å². The second kappa shape index (κ2) is 4.73. The Hall–Kier alpha value is -0.640. The fraction of sp³-hybridized carbons (Fsp3) is 0.400. The first kappa shape index (κ1) is 11.4. The van der Waals surface area contributed by atoms with Crippen LogP contribution in [0.25, 0.3) is 0 Å². The fourth-order valence-electron chi connectivity index (χ4n) is 1.14. The molecule has 0 atom stereocenters. The van der Waals surface area contributed by atoms with Crippen LogP contribution in [0.15, 0.2) is 23.1 Å². The summed E-state index contributed by atoms with van der Waals surface area (Å²) in [6.07, 6.45) is 1.52. The molecule has 0 aliphatic carbocycles. The lowest BCUT2D eigenvalue weighted by Crippen LogP contribution is -2.01. The topological polar surface area (TPSA) is 0 Å². The summed E-state index contributed by atoms with van der Waals surface area (Å²) in [5.41, 5.74) is -3.47. The molecule has 0 fully saturated rings. The van der Waals surface area contributed by atoms with Crippen LogP contribution in [0, 0.1) is 6.07 Å². The summed E-state index contributed by atoms with van der Waals surface area (Å²) in [4.78, 5) is 0.266. The smallest absolute Gasteiger partial charge is 0.160 e. The number of thioether (sulfide) groups is 1. The molecule has 4 heteroatoms. The van der Waals surface area contributed by atoms with Crippen molar-refractivity contribution in [3.8, 4) is 0 Å². The Morgan fingerprint density at radius 3 is 2.71 bits per heavy atom. The van der Waals surface area contributed by atoms with Gasteiger partial charge in [0.15, 0.2) is 0 Å². The number of rotatable bonds is 3. The fourth-order valence-corrected chi connectivity index (χ4v) is 1.82. The van der Waals surface area contributed by atoms with E-state index in [2.05, 4.69) is 6.07 Å². The predicted molar refractivity (Wildman–Crippen MR) is 51.2 cm³/mol. The molecule has 14 heavy (non-hydrogen) atoms. The first-order chi connectivity index (χ1) is 6.53. The van der Waals surface area contributed by atoms with Crippen molar-refractivity contribution in [3.05, 3.63) is 29.8 Å². The van der Waals surface area contributed by atoms with Gasteiger partial charge in [-0.05, 0) is 35.9 Å². The molecule has 0 nitrogen and oxygen atoms in total. The maximum atomic E-state index is 12.1. The number of hydrogen-bond donors (Lipinski definition) is 0. The number of alkyl halides is 3. The zero-order chi connectivity index (χ0) is 10.6. The van der Waals surface area contributed by atoms with Crippen LogP contribution in [0.4, 0.5) is 13.2 Å². The predicted octanol–water partition coefficient (Wildman–Crippen LogP) is 4.05. The van der Waals surface area contributed by atoms with E-state index >= 15 is 0 Å². The van der Waals surface area contributed by atoms with Gasteiger partial charge in [0.2, 0.25) is 0 Å². The molecule has 1 radical (unpaired) electrons. The Kier molecular flexibility index (Phi) is 3.86. The summed E-state index contributed by atoms with van der Waals surface area (Å²) in [7, 11) is 0. The molecule has 0 bridgehead atoms.